The molecule has 1 aromatic rings. The highest BCUT2D eigenvalue weighted by molar-refractivity contribution is 5.75. The van der Waals surface area contributed by atoms with Crippen molar-refractivity contribution in [2.75, 3.05) is 13.7 Å². The van der Waals surface area contributed by atoms with E-state index in [4.69, 9.17) is 10.5 Å². The van der Waals surface area contributed by atoms with Gasteiger partial charge in [-0.2, -0.15) is 0 Å². The number of methoxy groups -OCH3 is 1. The normalized spacial score (nSPS) is 14.1. The van der Waals surface area contributed by atoms with E-state index in [1.807, 2.05) is 0 Å². The van der Waals surface area contributed by atoms with Crippen LogP contribution >= 0.6 is 0 Å². The molecule has 4 N–H and O–H groups in total. The number of hydrogen-bond donors (Lipinski definition) is 3. The van der Waals surface area contributed by atoms with Crippen molar-refractivity contribution in [1.29, 1.82) is 0 Å². The minimum Gasteiger partial charge on any atom is -0.496 e. The van der Waals surface area contributed by atoms with Crippen molar-refractivity contribution in [3.8, 4) is 5.75 Å². The lowest BCUT2D eigenvalue weighted by molar-refractivity contribution is 0.0137. The van der Waals surface area contributed by atoms with Crippen LogP contribution in [0.1, 0.15) is 28.4 Å². The number of aliphatic hydroxyl groups is 2. The predicted octanol–water partition coefficient (Wildman–Crippen LogP) is 0.251. The zero-order chi connectivity index (χ0) is 12.8. The van der Waals surface area contributed by atoms with Crippen LogP contribution < -0.4 is 10.5 Å². The second kappa shape index (κ2) is 6.34. The average Bonchev–Trinajstić information content (AvgIpc) is 2.37. The third-order valence-corrected chi connectivity index (χ3v) is 2.54. The van der Waals surface area contributed by atoms with E-state index in [-0.39, 0.29) is 13.0 Å². The second-order valence-electron chi connectivity index (χ2n) is 3.71. The quantitative estimate of drug-likeness (QED) is 0.619. The molecule has 0 saturated carbocycles. The molecule has 94 valence electrons. The van der Waals surface area contributed by atoms with E-state index in [1.165, 1.54) is 13.2 Å². The van der Waals surface area contributed by atoms with Crippen LogP contribution in [-0.4, -0.2) is 36.3 Å². The van der Waals surface area contributed by atoms with Gasteiger partial charge in [0.1, 0.15) is 18.1 Å². The molecular formula is C12H17NO4. The third-order valence-electron chi connectivity index (χ3n) is 2.54. The van der Waals surface area contributed by atoms with Crippen LogP contribution in [-0.2, 0) is 0 Å². The molecule has 2 unspecified atom stereocenters. The van der Waals surface area contributed by atoms with Crippen LogP contribution in [0, 0.1) is 0 Å². The Labute approximate surface area is 99.8 Å². The molecule has 5 nitrogen and oxygen atoms in total. The maximum absolute atomic E-state index is 10.7. The molecular weight excluding hydrogens is 222 g/mol. The SMILES string of the molecule is COc1ccc(C=O)cc1C(O)C(O)CCN. The van der Waals surface area contributed by atoms with Crippen molar-refractivity contribution >= 4 is 6.29 Å². The van der Waals surface area contributed by atoms with Gasteiger partial charge in [0, 0.05) is 11.1 Å². The van der Waals surface area contributed by atoms with Crippen LogP contribution in [0.25, 0.3) is 0 Å². The first-order valence-corrected chi connectivity index (χ1v) is 5.33. The number of aldehydes is 1. The number of aliphatic hydroxyl groups excluding tert-OH is 2. The first kappa shape index (κ1) is 13.6. The van der Waals surface area contributed by atoms with Gasteiger partial charge in [-0.05, 0) is 31.2 Å². The largest absolute Gasteiger partial charge is 0.496 e. The standard InChI is InChI=1S/C12H17NO4/c1-17-11-3-2-8(7-14)6-9(11)12(16)10(15)4-5-13/h2-3,6-7,10,12,15-16H,4-5,13H2,1H3. The lowest BCUT2D eigenvalue weighted by Crippen LogP contribution is -2.22. The highest BCUT2D eigenvalue weighted by Gasteiger charge is 2.21. The summed E-state index contributed by atoms with van der Waals surface area (Å²) in [5.41, 5.74) is 6.12. The first-order chi connectivity index (χ1) is 8.13. The van der Waals surface area contributed by atoms with Crippen LogP contribution in [0.15, 0.2) is 18.2 Å². The Morgan fingerprint density at radius 3 is 2.71 bits per heavy atom. The van der Waals surface area contributed by atoms with Crippen molar-refractivity contribution in [3.63, 3.8) is 0 Å². The molecule has 1 rings (SSSR count). The average molecular weight is 239 g/mol. The van der Waals surface area contributed by atoms with Gasteiger partial charge in [0.15, 0.2) is 0 Å². The molecule has 0 saturated heterocycles. The van der Waals surface area contributed by atoms with E-state index >= 15 is 0 Å². The summed E-state index contributed by atoms with van der Waals surface area (Å²) in [5.74, 6) is 0.430. The molecule has 0 aliphatic carbocycles. The molecule has 5 heteroatoms. The Morgan fingerprint density at radius 1 is 1.47 bits per heavy atom. The third kappa shape index (κ3) is 3.26. The Morgan fingerprint density at radius 2 is 2.18 bits per heavy atom. The molecule has 0 radical (unpaired) electrons. The van der Waals surface area contributed by atoms with Crippen molar-refractivity contribution < 1.29 is 19.7 Å². The highest BCUT2D eigenvalue weighted by atomic mass is 16.5. The van der Waals surface area contributed by atoms with Gasteiger partial charge >= 0.3 is 0 Å². The summed E-state index contributed by atoms with van der Waals surface area (Å²) in [7, 11) is 1.46. The van der Waals surface area contributed by atoms with E-state index < -0.39 is 12.2 Å². The molecule has 0 amide bonds. The molecule has 0 fully saturated rings. The van der Waals surface area contributed by atoms with Gasteiger partial charge in [-0.25, -0.2) is 0 Å². The highest BCUT2D eigenvalue weighted by Crippen LogP contribution is 2.28. The Kier molecular flexibility index (Phi) is 5.09. The fraction of sp³-hybridized carbons (Fsp3) is 0.417. The van der Waals surface area contributed by atoms with Gasteiger partial charge in [0.25, 0.3) is 0 Å². The molecule has 0 aliphatic rings. The summed E-state index contributed by atoms with van der Waals surface area (Å²) in [5, 5.41) is 19.6. The molecule has 2 atom stereocenters. The first-order valence-electron chi connectivity index (χ1n) is 5.33. The van der Waals surface area contributed by atoms with Crippen LogP contribution in [0.4, 0.5) is 0 Å². The monoisotopic (exact) mass is 239 g/mol. The summed E-state index contributed by atoms with van der Waals surface area (Å²) in [6, 6.07) is 4.66. The molecule has 0 aliphatic heterocycles. The lowest BCUT2D eigenvalue weighted by Gasteiger charge is -2.20. The zero-order valence-corrected chi connectivity index (χ0v) is 9.67. The molecule has 1 aromatic carbocycles. The van der Waals surface area contributed by atoms with Crippen molar-refractivity contribution in [2.45, 2.75) is 18.6 Å². The van der Waals surface area contributed by atoms with Crippen LogP contribution in [0.5, 0.6) is 5.75 Å². The Hall–Kier alpha value is -1.43. The number of benzene rings is 1. The smallest absolute Gasteiger partial charge is 0.150 e. The van der Waals surface area contributed by atoms with Gasteiger partial charge in [-0.3, -0.25) is 4.79 Å². The van der Waals surface area contributed by atoms with Gasteiger partial charge < -0.3 is 20.7 Å². The minimum absolute atomic E-state index is 0.272. The molecule has 0 heterocycles. The molecule has 17 heavy (non-hydrogen) atoms. The maximum Gasteiger partial charge on any atom is 0.150 e. The number of carbonyl (C=O) groups is 1. The fourth-order valence-electron chi connectivity index (χ4n) is 1.59. The Balaban J connectivity index is 3.04. The minimum atomic E-state index is -1.12. The zero-order valence-electron chi connectivity index (χ0n) is 9.67. The van der Waals surface area contributed by atoms with E-state index in [2.05, 4.69) is 0 Å². The van der Waals surface area contributed by atoms with Gasteiger partial charge in [-0.1, -0.05) is 0 Å². The maximum atomic E-state index is 10.7. The number of hydrogen-bond acceptors (Lipinski definition) is 5. The van der Waals surface area contributed by atoms with E-state index in [0.717, 1.165) is 0 Å². The molecule has 0 aromatic heterocycles. The molecule has 0 bridgehead atoms. The summed E-state index contributed by atoms with van der Waals surface area (Å²) in [4.78, 5) is 10.7. The number of carbonyl (C=O) groups excluding carboxylic acids is 1. The van der Waals surface area contributed by atoms with Gasteiger partial charge in [0.05, 0.1) is 13.2 Å². The van der Waals surface area contributed by atoms with Crippen molar-refractivity contribution in [1.82, 2.24) is 0 Å². The Bertz CT molecular complexity index is 381. The second-order valence-corrected chi connectivity index (χ2v) is 3.71. The fourth-order valence-corrected chi connectivity index (χ4v) is 1.59. The lowest BCUT2D eigenvalue weighted by atomic mass is 9.99. The topological polar surface area (TPSA) is 92.8 Å². The van der Waals surface area contributed by atoms with Gasteiger partial charge in [-0.15, -0.1) is 0 Å². The van der Waals surface area contributed by atoms with Crippen LogP contribution in [0.3, 0.4) is 0 Å². The van der Waals surface area contributed by atoms with E-state index in [9.17, 15) is 15.0 Å². The van der Waals surface area contributed by atoms with Gasteiger partial charge in [0.2, 0.25) is 0 Å². The number of rotatable bonds is 6. The summed E-state index contributed by atoms with van der Waals surface area (Å²) < 4.78 is 5.08. The number of nitrogens with two attached hydrogens (primary N) is 1. The molecule has 0 spiro atoms. The van der Waals surface area contributed by atoms with E-state index in [0.29, 0.717) is 23.2 Å². The number of ether oxygens (including phenoxy) is 1. The van der Waals surface area contributed by atoms with Crippen molar-refractivity contribution in [2.24, 2.45) is 5.73 Å². The summed E-state index contributed by atoms with van der Waals surface area (Å²) in [6.45, 7) is 0.272. The summed E-state index contributed by atoms with van der Waals surface area (Å²) in [6.07, 6.45) is -1.15. The summed E-state index contributed by atoms with van der Waals surface area (Å²) >= 11 is 0. The van der Waals surface area contributed by atoms with Crippen LogP contribution in [0.2, 0.25) is 0 Å². The van der Waals surface area contributed by atoms with Crippen molar-refractivity contribution in [3.05, 3.63) is 29.3 Å². The predicted molar refractivity (Wildman–Crippen MR) is 63.0 cm³/mol. The van der Waals surface area contributed by atoms with E-state index in [1.54, 1.807) is 12.1 Å².